The lowest BCUT2D eigenvalue weighted by Crippen LogP contribution is -2.19. The molecule has 0 aliphatic rings. The Bertz CT molecular complexity index is 647. The number of Topliss-reactive ketones (excluding diaryl/α,β-unsaturated/α-hetero) is 1. The summed E-state index contributed by atoms with van der Waals surface area (Å²) in [4.78, 5) is 24.6. The molecule has 19 heavy (non-hydrogen) atoms. The van der Waals surface area contributed by atoms with Crippen LogP contribution in [0.4, 0.5) is 4.39 Å². The number of halogens is 1. The SMILES string of the molecule is [2H]C([2H])([2H])C(C(=O)/C(=C/c1ccc(F)cc1)C(=O)OCC)C([2H])([2H])[2H]. The molecule has 102 valence electrons. The largest absolute Gasteiger partial charge is 0.462 e. The van der Waals surface area contributed by atoms with E-state index in [0.717, 1.165) is 18.2 Å². The molecule has 0 aliphatic carbocycles. The summed E-state index contributed by atoms with van der Waals surface area (Å²) in [6, 6.07) is 4.65. The predicted molar refractivity (Wildman–Crippen MR) is 70.9 cm³/mol. The van der Waals surface area contributed by atoms with Gasteiger partial charge in [0.1, 0.15) is 11.4 Å². The van der Waals surface area contributed by atoms with Gasteiger partial charge in [-0.1, -0.05) is 25.8 Å². The van der Waals surface area contributed by atoms with Crippen molar-refractivity contribution in [1.82, 2.24) is 0 Å². The number of ether oxygens (including phenoxy) is 1. The third kappa shape index (κ3) is 4.32. The Balaban J connectivity index is 3.42. The summed E-state index contributed by atoms with van der Waals surface area (Å²) < 4.78 is 61.8. The van der Waals surface area contributed by atoms with Crippen molar-refractivity contribution in [2.45, 2.75) is 20.6 Å². The quantitative estimate of drug-likeness (QED) is 0.357. The average Bonchev–Trinajstić information content (AvgIpc) is 2.43. The summed E-state index contributed by atoms with van der Waals surface area (Å²) in [5.41, 5.74) is -0.502. The minimum absolute atomic E-state index is 0.0981. The Morgan fingerprint density at radius 2 is 2.00 bits per heavy atom. The standard InChI is InChI=1S/C15H17FO3/c1-4-19-15(18)13(14(17)10(2)3)9-11-5-7-12(16)8-6-11/h5-10H,4H2,1-3H3/b13-9-/i2D3,3D3. The number of ketones is 1. The molecule has 1 aromatic rings. The summed E-state index contributed by atoms with van der Waals surface area (Å²) in [6.07, 6.45) is 0.990. The molecule has 0 bridgehead atoms. The van der Waals surface area contributed by atoms with Gasteiger partial charge in [-0.3, -0.25) is 4.79 Å². The first kappa shape index (κ1) is 8.25. The van der Waals surface area contributed by atoms with E-state index >= 15 is 0 Å². The molecule has 0 saturated carbocycles. The molecular weight excluding hydrogens is 247 g/mol. The van der Waals surface area contributed by atoms with Crippen molar-refractivity contribution in [3.8, 4) is 0 Å². The molecule has 0 aromatic heterocycles. The van der Waals surface area contributed by atoms with Gasteiger partial charge in [-0.05, 0) is 30.7 Å². The fraction of sp³-hybridized carbons (Fsp3) is 0.333. The van der Waals surface area contributed by atoms with Crippen molar-refractivity contribution in [3.63, 3.8) is 0 Å². The highest BCUT2D eigenvalue weighted by molar-refractivity contribution is 6.21. The van der Waals surface area contributed by atoms with Crippen molar-refractivity contribution < 1.29 is 26.9 Å². The lowest BCUT2D eigenvalue weighted by atomic mass is 9.99. The van der Waals surface area contributed by atoms with E-state index in [-0.39, 0.29) is 12.2 Å². The zero-order chi connectivity index (χ0) is 19.4. The van der Waals surface area contributed by atoms with E-state index in [1.165, 1.54) is 19.1 Å². The van der Waals surface area contributed by atoms with Crippen molar-refractivity contribution in [2.75, 3.05) is 6.61 Å². The number of esters is 1. The number of rotatable bonds is 5. The fourth-order valence-corrected chi connectivity index (χ4v) is 1.32. The maximum absolute atomic E-state index is 13.0. The molecule has 0 spiro atoms. The van der Waals surface area contributed by atoms with Crippen LogP contribution in [0.2, 0.25) is 0 Å². The molecule has 0 amide bonds. The van der Waals surface area contributed by atoms with Gasteiger partial charge in [-0.15, -0.1) is 0 Å². The van der Waals surface area contributed by atoms with Gasteiger partial charge < -0.3 is 4.74 Å². The van der Waals surface area contributed by atoms with E-state index in [1.807, 2.05) is 0 Å². The van der Waals surface area contributed by atoms with Crippen molar-refractivity contribution in [2.24, 2.45) is 5.92 Å². The third-order valence-electron chi connectivity index (χ3n) is 2.20. The minimum atomic E-state index is -3.14. The van der Waals surface area contributed by atoms with Gasteiger partial charge in [0.15, 0.2) is 5.78 Å². The van der Waals surface area contributed by atoms with E-state index < -0.39 is 42.8 Å². The van der Waals surface area contributed by atoms with Crippen LogP contribution in [-0.4, -0.2) is 18.4 Å². The number of hydrogen-bond donors (Lipinski definition) is 0. The lowest BCUT2D eigenvalue weighted by Gasteiger charge is -2.08. The monoisotopic (exact) mass is 270 g/mol. The molecular formula is C15H17FO3. The van der Waals surface area contributed by atoms with E-state index in [0.29, 0.717) is 0 Å². The maximum atomic E-state index is 13.0. The Morgan fingerprint density at radius 1 is 1.37 bits per heavy atom. The van der Waals surface area contributed by atoms with Crippen LogP contribution in [0.3, 0.4) is 0 Å². The van der Waals surface area contributed by atoms with Crippen LogP contribution in [0, 0.1) is 11.7 Å². The molecule has 0 N–H and O–H groups in total. The van der Waals surface area contributed by atoms with Gasteiger partial charge in [-0.2, -0.15) is 0 Å². The maximum Gasteiger partial charge on any atom is 0.341 e. The number of carbonyl (C=O) groups is 2. The molecule has 0 heterocycles. The molecule has 0 radical (unpaired) electrons. The van der Waals surface area contributed by atoms with E-state index in [9.17, 15) is 14.0 Å². The first-order chi connectivity index (χ1) is 11.4. The topological polar surface area (TPSA) is 43.4 Å². The molecule has 3 nitrogen and oxygen atoms in total. The number of carbonyl (C=O) groups excluding carboxylic acids is 2. The summed E-state index contributed by atoms with van der Waals surface area (Å²) in [5, 5.41) is 0. The smallest absolute Gasteiger partial charge is 0.341 e. The van der Waals surface area contributed by atoms with Gasteiger partial charge in [0.25, 0.3) is 0 Å². The first-order valence-electron chi connectivity index (χ1n) is 8.56. The predicted octanol–water partition coefficient (Wildman–Crippen LogP) is 3.00. The van der Waals surface area contributed by atoms with Crippen molar-refractivity contribution in [1.29, 1.82) is 0 Å². The average molecular weight is 270 g/mol. The molecule has 1 rings (SSSR count). The Labute approximate surface area is 120 Å². The van der Waals surface area contributed by atoms with Crippen LogP contribution < -0.4 is 0 Å². The van der Waals surface area contributed by atoms with Crippen LogP contribution in [0.5, 0.6) is 0 Å². The van der Waals surface area contributed by atoms with Crippen molar-refractivity contribution >= 4 is 17.8 Å². The lowest BCUT2D eigenvalue weighted by molar-refractivity contribution is -0.140. The van der Waals surface area contributed by atoms with Crippen LogP contribution >= 0.6 is 0 Å². The van der Waals surface area contributed by atoms with E-state index in [1.54, 1.807) is 0 Å². The van der Waals surface area contributed by atoms with Gasteiger partial charge in [0.05, 0.1) is 6.61 Å². The summed E-state index contributed by atoms with van der Waals surface area (Å²) in [7, 11) is 0. The Kier molecular flexibility index (Phi) is 2.96. The Hall–Kier alpha value is -1.97. The van der Waals surface area contributed by atoms with Gasteiger partial charge in [-0.25, -0.2) is 9.18 Å². The molecule has 0 fully saturated rings. The Morgan fingerprint density at radius 3 is 2.53 bits per heavy atom. The molecule has 1 aromatic carbocycles. The first-order valence-corrected chi connectivity index (χ1v) is 5.56. The molecule has 0 aliphatic heterocycles. The second-order valence-electron chi connectivity index (χ2n) is 3.63. The highest BCUT2D eigenvalue weighted by Gasteiger charge is 2.21. The van der Waals surface area contributed by atoms with E-state index in [4.69, 9.17) is 13.0 Å². The highest BCUT2D eigenvalue weighted by Crippen LogP contribution is 2.14. The van der Waals surface area contributed by atoms with Gasteiger partial charge >= 0.3 is 5.97 Å². The minimum Gasteiger partial charge on any atom is -0.462 e. The highest BCUT2D eigenvalue weighted by atomic mass is 19.1. The number of benzene rings is 1. The fourth-order valence-electron chi connectivity index (χ4n) is 1.32. The third-order valence-corrected chi connectivity index (χ3v) is 2.20. The van der Waals surface area contributed by atoms with E-state index in [2.05, 4.69) is 0 Å². The molecule has 0 unspecified atom stereocenters. The van der Waals surface area contributed by atoms with Crippen molar-refractivity contribution in [3.05, 3.63) is 41.2 Å². The van der Waals surface area contributed by atoms with Crippen LogP contribution in [0.1, 0.15) is 34.4 Å². The number of hydrogen-bond acceptors (Lipinski definition) is 3. The summed E-state index contributed by atoms with van der Waals surface area (Å²) in [6.45, 7) is -4.91. The van der Waals surface area contributed by atoms with Gasteiger partial charge in [0, 0.05) is 14.1 Å². The zero-order valence-electron chi connectivity index (χ0n) is 16.3. The molecule has 4 heteroatoms. The van der Waals surface area contributed by atoms with Crippen LogP contribution in [-0.2, 0) is 14.3 Å². The zero-order valence-corrected chi connectivity index (χ0v) is 10.3. The molecule has 0 saturated heterocycles. The summed E-state index contributed by atoms with van der Waals surface area (Å²) in [5.74, 6) is -5.45. The second kappa shape index (κ2) is 6.83. The van der Waals surface area contributed by atoms with Crippen LogP contribution in [0.15, 0.2) is 29.8 Å². The molecule has 0 atom stereocenters. The second-order valence-corrected chi connectivity index (χ2v) is 3.63. The normalized spacial score (nSPS) is 17.5. The van der Waals surface area contributed by atoms with Gasteiger partial charge in [0.2, 0.25) is 0 Å². The van der Waals surface area contributed by atoms with Crippen LogP contribution in [0.25, 0.3) is 6.08 Å². The summed E-state index contributed by atoms with van der Waals surface area (Å²) >= 11 is 0.